The van der Waals surface area contributed by atoms with E-state index in [-0.39, 0.29) is 5.92 Å². The number of hydrogen-bond donors (Lipinski definition) is 2. The minimum absolute atomic E-state index is 0.234. The first kappa shape index (κ1) is 13.0. The molecular weight excluding hydrogens is 226 g/mol. The second-order valence-electron chi connectivity index (χ2n) is 3.75. The summed E-state index contributed by atoms with van der Waals surface area (Å²) in [5, 5.41) is 2.22. The highest BCUT2D eigenvalue weighted by atomic mass is 32.2. The molecule has 1 heterocycles. The molecule has 0 saturated carbocycles. The van der Waals surface area contributed by atoms with Crippen LogP contribution in [-0.4, -0.2) is 18.2 Å². The molecule has 1 rings (SSSR count). The van der Waals surface area contributed by atoms with Crippen molar-refractivity contribution in [2.45, 2.75) is 25.5 Å². The molecule has 0 aromatic rings. The molecule has 4 nitrogen and oxygen atoms in total. The van der Waals surface area contributed by atoms with Gasteiger partial charge in [-0.05, 0) is 25.5 Å². The summed E-state index contributed by atoms with van der Waals surface area (Å²) >= 11 is 0. The molecule has 0 bridgehead atoms. The van der Waals surface area contributed by atoms with E-state index in [0.29, 0.717) is 6.42 Å². The summed E-state index contributed by atoms with van der Waals surface area (Å²) in [6.45, 7) is 3.41. The summed E-state index contributed by atoms with van der Waals surface area (Å²) in [7, 11) is -4.00. The van der Waals surface area contributed by atoms with Crippen LogP contribution in [0.1, 0.15) is 20.3 Å². The number of allylic oxidation sites excluding steroid dienone is 5. The summed E-state index contributed by atoms with van der Waals surface area (Å²) < 4.78 is 31.3. The van der Waals surface area contributed by atoms with Gasteiger partial charge in [0.2, 0.25) is 0 Å². The average Bonchev–Trinajstić information content (AvgIpc) is 2.46. The topological polar surface area (TPSA) is 66.4 Å². The van der Waals surface area contributed by atoms with Gasteiger partial charge in [-0.15, -0.1) is 0 Å². The highest BCUT2D eigenvalue weighted by Crippen LogP contribution is 2.23. The molecule has 2 N–H and O–H groups in total. The smallest absolute Gasteiger partial charge is 0.268 e. The quantitative estimate of drug-likeness (QED) is 0.739. The first-order chi connectivity index (χ1) is 7.46. The van der Waals surface area contributed by atoms with Crippen molar-refractivity contribution in [3.05, 3.63) is 36.2 Å². The van der Waals surface area contributed by atoms with Gasteiger partial charge in [-0.3, -0.25) is 4.55 Å². The van der Waals surface area contributed by atoms with Crippen molar-refractivity contribution in [1.29, 1.82) is 0 Å². The third-order valence-electron chi connectivity index (χ3n) is 2.72. The maximum absolute atomic E-state index is 11.1. The minimum Gasteiger partial charge on any atom is -0.365 e. The van der Waals surface area contributed by atoms with Crippen LogP contribution in [0.3, 0.4) is 0 Å². The van der Waals surface area contributed by atoms with Crippen molar-refractivity contribution in [2.75, 3.05) is 0 Å². The summed E-state index contributed by atoms with van der Waals surface area (Å²) in [4.78, 5) is 0. The second-order valence-corrected chi connectivity index (χ2v) is 5.52. The van der Waals surface area contributed by atoms with Gasteiger partial charge in [0, 0.05) is 17.8 Å². The lowest BCUT2D eigenvalue weighted by Crippen LogP contribution is -2.31. The lowest BCUT2D eigenvalue weighted by atomic mass is 9.98. The molecule has 2 unspecified atom stereocenters. The van der Waals surface area contributed by atoms with Gasteiger partial charge in [-0.1, -0.05) is 19.1 Å². The summed E-state index contributed by atoms with van der Waals surface area (Å²) in [6.07, 6.45) is 9.73. The molecule has 0 radical (unpaired) electrons. The molecule has 0 fully saturated rings. The van der Waals surface area contributed by atoms with Gasteiger partial charge < -0.3 is 5.32 Å². The van der Waals surface area contributed by atoms with Crippen molar-refractivity contribution in [2.24, 2.45) is 5.92 Å². The van der Waals surface area contributed by atoms with Crippen LogP contribution in [0.2, 0.25) is 0 Å². The third kappa shape index (κ3) is 3.21. The van der Waals surface area contributed by atoms with Crippen molar-refractivity contribution in [3.63, 3.8) is 0 Å². The first-order valence-electron chi connectivity index (χ1n) is 5.23. The molecule has 0 saturated heterocycles. The highest BCUT2D eigenvalue weighted by molar-refractivity contribution is 7.86. The van der Waals surface area contributed by atoms with E-state index in [0.717, 1.165) is 5.70 Å². The van der Waals surface area contributed by atoms with E-state index >= 15 is 0 Å². The van der Waals surface area contributed by atoms with Crippen molar-refractivity contribution >= 4 is 10.1 Å². The van der Waals surface area contributed by atoms with E-state index in [2.05, 4.69) is 5.32 Å². The Kier molecular flexibility index (Phi) is 4.32. The van der Waals surface area contributed by atoms with Crippen molar-refractivity contribution in [3.8, 4) is 0 Å². The van der Waals surface area contributed by atoms with Crippen LogP contribution in [0, 0.1) is 5.92 Å². The van der Waals surface area contributed by atoms with E-state index < -0.39 is 15.4 Å². The molecule has 16 heavy (non-hydrogen) atoms. The van der Waals surface area contributed by atoms with Crippen LogP contribution in [0.4, 0.5) is 0 Å². The number of rotatable bonds is 4. The zero-order chi connectivity index (χ0) is 12.2. The Balaban J connectivity index is 2.94. The van der Waals surface area contributed by atoms with Crippen molar-refractivity contribution in [1.82, 2.24) is 5.32 Å². The van der Waals surface area contributed by atoms with Crippen LogP contribution in [-0.2, 0) is 10.1 Å². The summed E-state index contributed by atoms with van der Waals surface area (Å²) in [6, 6.07) is 0. The normalized spacial score (nSPS) is 19.6. The molecule has 1 aliphatic heterocycles. The monoisotopic (exact) mass is 243 g/mol. The van der Waals surface area contributed by atoms with Gasteiger partial charge in [0.15, 0.2) is 0 Å². The van der Waals surface area contributed by atoms with Crippen LogP contribution in [0.15, 0.2) is 36.2 Å². The fourth-order valence-electron chi connectivity index (χ4n) is 1.71. The molecule has 0 aromatic heterocycles. The third-order valence-corrected chi connectivity index (χ3v) is 3.99. The lowest BCUT2D eigenvalue weighted by molar-refractivity contribution is 0.438. The summed E-state index contributed by atoms with van der Waals surface area (Å²) in [5.74, 6) is -0.234. The van der Waals surface area contributed by atoms with E-state index in [1.165, 1.54) is 6.92 Å². The van der Waals surface area contributed by atoms with Crippen LogP contribution < -0.4 is 5.32 Å². The molecule has 1 aliphatic rings. The Hall–Kier alpha value is -1.07. The minimum atomic E-state index is -4.00. The Labute approximate surface area is 96.5 Å². The standard InChI is InChI=1S/C11H17NO3S/c1-3-10(9(2)16(13,14)15)11-7-5-4-6-8-12-11/h4-10,12H,3H2,1-2H3,(H,13,14,15). The Morgan fingerprint density at radius 3 is 2.62 bits per heavy atom. The molecule has 0 aliphatic carbocycles. The largest absolute Gasteiger partial charge is 0.365 e. The lowest BCUT2D eigenvalue weighted by Gasteiger charge is -2.23. The van der Waals surface area contributed by atoms with Gasteiger partial charge in [0.25, 0.3) is 10.1 Å². The molecule has 0 spiro atoms. The Morgan fingerprint density at radius 2 is 2.06 bits per heavy atom. The van der Waals surface area contributed by atoms with E-state index in [1.807, 2.05) is 31.2 Å². The number of nitrogens with one attached hydrogen (secondary N) is 1. The fraction of sp³-hybridized carbons (Fsp3) is 0.455. The average molecular weight is 243 g/mol. The van der Waals surface area contributed by atoms with E-state index in [1.54, 1.807) is 6.20 Å². The van der Waals surface area contributed by atoms with Crippen LogP contribution in [0.25, 0.3) is 0 Å². The molecule has 0 amide bonds. The first-order valence-corrected chi connectivity index (χ1v) is 6.73. The fourth-order valence-corrected chi connectivity index (χ4v) is 2.47. The van der Waals surface area contributed by atoms with Crippen molar-refractivity contribution < 1.29 is 13.0 Å². The van der Waals surface area contributed by atoms with Gasteiger partial charge in [0.05, 0.1) is 5.25 Å². The molecule has 0 aromatic carbocycles. The van der Waals surface area contributed by atoms with Gasteiger partial charge in [-0.25, -0.2) is 0 Å². The van der Waals surface area contributed by atoms with Gasteiger partial charge in [-0.2, -0.15) is 8.42 Å². The molecule has 2 atom stereocenters. The second kappa shape index (κ2) is 5.32. The Bertz CT molecular complexity index is 421. The maximum Gasteiger partial charge on any atom is 0.268 e. The SMILES string of the molecule is CCC(C1=CC=CC=CN1)C(C)S(=O)(=O)O. The van der Waals surface area contributed by atoms with Gasteiger partial charge >= 0.3 is 0 Å². The molecule has 90 valence electrons. The summed E-state index contributed by atoms with van der Waals surface area (Å²) in [5.41, 5.74) is 0.803. The predicted octanol–water partition coefficient (Wildman–Crippen LogP) is 1.85. The molecule has 5 heteroatoms. The van der Waals surface area contributed by atoms with E-state index in [9.17, 15) is 8.42 Å². The Morgan fingerprint density at radius 1 is 1.38 bits per heavy atom. The maximum atomic E-state index is 11.1. The van der Waals surface area contributed by atoms with Gasteiger partial charge in [0.1, 0.15) is 0 Å². The molecular formula is C11H17NO3S. The van der Waals surface area contributed by atoms with Crippen LogP contribution in [0.5, 0.6) is 0 Å². The van der Waals surface area contributed by atoms with Crippen LogP contribution >= 0.6 is 0 Å². The zero-order valence-electron chi connectivity index (χ0n) is 9.42. The predicted molar refractivity (Wildman–Crippen MR) is 64.3 cm³/mol. The zero-order valence-corrected chi connectivity index (χ0v) is 10.2. The highest BCUT2D eigenvalue weighted by Gasteiger charge is 2.28. The van der Waals surface area contributed by atoms with E-state index in [4.69, 9.17) is 4.55 Å². The number of hydrogen-bond acceptors (Lipinski definition) is 3.